The van der Waals surface area contributed by atoms with Gasteiger partial charge in [-0.15, -0.1) is 11.3 Å². The molecule has 0 aliphatic carbocycles. The molecule has 0 atom stereocenters. The van der Waals surface area contributed by atoms with E-state index in [1.807, 2.05) is 0 Å². The van der Waals surface area contributed by atoms with E-state index < -0.39 is 16.0 Å². The number of hydrogen-bond donors (Lipinski definition) is 3. The van der Waals surface area contributed by atoms with Gasteiger partial charge in [-0.3, -0.25) is 9.59 Å². The topological polar surface area (TPSA) is 113 Å². The zero-order valence-electron chi connectivity index (χ0n) is 10.7. The Hall–Kier alpha value is -1.45. The van der Waals surface area contributed by atoms with E-state index in [1.54, 1.807) is 11.4 Å². The Morgan fingerprint density at radius 1 is 1.25 bits per heavy atom. The van der Waals surface area contributed by atoms with E-state index >= 15 is 0 Å². The van der Waals surface area contributed by atoms with Crippen LogP contribution in [-0.2, 0) is 19.6 Å². The molecule has 20 heavy (non-hydrogen) atoms. The number of carbonyl (C=O) groups excluding carboxylic acids is 1. The number of thiophene rings is 1. The molecular formula is C11H16N2O5S2. The third-order valence-corrected chi connectivity index (χ3v) is 5.15. The van der Waals surface area contributed by atoms with Gasteiger partial charge in [-0.05, 0) is 17.9 Å². The first-order valence-electron chi connectivity index (χ1n) is 5.93. The molecule has 0 aliphatic rings. The molecule has 3 N–H and O–H groups in total. The van der Waals surface area contributed by atoms with Gasteiger partial charge < -0.3 is 10.4 Å². The van der Waals surface area contributed by atoms with Crippen LogP contribution in [0.3, 0.4) is 0 Å². The number of aliphatic carboxylic acids is 1. The predicted octanol–water partition coefficient (Wildman–Crippen LogP) is 0.398. The first-order chi connectivity index (χ1) is 9.42. The zero-order valence-corrected chi connectivity index (χ0v) is 12.3. The minimum atomic E-state index is -3.54. The van der Waals surface area contributed by atoms with Gasteiger partial charge in [0.05, 0.1) is 0 Å². The number of nitrogens with one attached hydrogen (secondary N) is 2. The van der Waals surface area contributed by atoms with Crippen molar-refractivity contribution >= 4 is 33.2 Å². The summed E-state index contributed by atoms with van der Waals surface area (Å²) in [5.74, 6) is -1.23. The van der Waals surface area contributed by atoms with Crippen LogP contribution in [0, 0.1) is 0 Å². The Morgan fingerprint density at radius 3 is 2.60 bits per heavy atom. The Bertz CT molecular complexity index is 539. The fourth-order valence-corrected chi connectivity index (χ4v) is 3.41. The number of rotatable bonds is 9. The summed E-state index contributed by atoms with van der Waals surface area (Å²) in [6.45, 7) is 0.272. The summed E-state index contributed by atoms with van der Waals surface area (Å²) in [7, 11) is -3.54. The molecule has 112 valence electrons. The molecule has 0 saturated carbocycles. The number of carboxylic acid groups (broad SMARTS) is 1. The lowest BCUT2D eigenvalue weighted by Crippen LogP contribution is -2.31. The van der Waals surface area contributed by atoms with Gasteiger partial charge >= 0.3 is 5.97 Å². The standard InChI is InChI=1S/C11H16N2O5S2/c14-9(12-6-1-3-10(15)16)5-7-13-20(17,18)11-4-2-8-19-11/h2,4,8,13H,1,3,5-7H2,(H,12,14)(H,15,16). The molecule has 0 aromatic carbocycles. The molecule has 1 amide bonds. The molecule has 0 saturated heterocycles. The number of sulfonamides is 1. The third-order valence-electron chi connectivity index (χ3n) is 2.29. The van der Waals surface area contributed by atoms with Gasteiger partial charge in [0.25, 0.3) is 0 Å². The van der Waals surface area contributed by atoms with Gasteiger partial charge in [0.1, 0.15) is 4.21 Å². The van der Waals surface area contributed by atoms with Crippen LogP contribution in [-0.4, -0.2) is 38.5 Å². The largest absolute Gasteiger partial charge is 0.481 e. The van der Waals surface area contributed by atoms with Crippen molar-refractivity contribution in [1.82, 2.24) is 10.0 Å². The Balaban J connectivity index is 2.20. The van der Waals surface area contributed by atoms with Crippen LogP contribution in [0.25, 0.3) is 0 Å². The molecular weight excluding hydrogens is 304 g/mol. The smallest absolute Gasteiger partial charge is 0.303 e. The highest BCUT2D eigenvalue weighted by Gasteiger charge is 2.14. The molecule has 0 bridgehead atoms. The highest BCUT2D eigenvalue weighted by Crippen LogP contribution is 2.14. The molecule has 0 unspecified atom stereocenters. The lowest BCUT2D eigenvalue weighted by atomic mass is 10.3. The molecule has 0 spiro atoms. The lowest BCUT2D eigenvalue weighted by molar-refractivity contribution is -0.137. The van der Waals surface area contributed by atoms with Crippen LogP contribution >= 0.6 is 11.3 Å². The van der Waals surface area contributed by atoms with E-state index in [9.17, 15) is 18.0 Å². The number of amides is 1. The molecule has 1 aromatic rings. The van der Waals surface area contributed by atoms with E-state index in [0.717, 1.165) is 11.3 Å². The Labute approximate surface area is 121 Å². The van der Waals surface area contributed by atoms with Crippen molar-refractivity contribution in [2.24, 2.45) is 0 Å². The van der Waals surface area contributed by atoms with Crippen LogP contribution in [0.2, 0.25) is 0 Å². The molecule has 0 fully saturated rings. The summed E-state index contributed by atoms with van der Waals surface area (Å²) in [6.07, 6.45) is 0.352. The summed E-state index contributed by atoms with van der Waals surface area (Å²) in [6, 6.07) is 3.12. The van der Waals surface area contributed by atoms with Crippen molar-refractivity contribution in [3.8, 4) is 0 Å². The first kappa shape index (κ1) is 16.6. The van der Waals surface area contributed by atoms with Crippen LogP contribution in [0.1, 0.15) is 19.3 Å². The molecule has 1 rings (SSSR count). The first-order valence-corrected chi connectivity index (χ1v) is 8.30. The number of carboxylic acids is 1. The maximum atomic E-state index is 11.7. The van der Waals surface area contributed by atoms with E-state index in [0.29, 0.717) is 6.42 Å². The van der Waals surface area contributed by atoms with Crippen molar-refractivity contribution in [3.63, 3.8) is 0 Å². The molecule has 7 nitrogen and oxygen atoms in total. The fraction of sp³-hybridized carbons (Fsp3) is 0.455. The normalized spacial score (nSPS) is 11.2. The molecule has 0 aliphatic heterocycles. The summed E-state index contributed by atoms with van der Waals surface area (Å²) < 4.78 is 26.0. The second-order valence-electron chi connectivity index (χ2n) is 3.93. The highest BCUT2D eigenvalue weighted by molar-refractivity contribution is 7.91. The monoisotopic (exact) mass is 320 g/mol. The summed E-state index contributed by atoms with van der Waals surface area (Å²) in [5, 5.41) is 12.6. The summed E-state index contributed by atoms with van der Waals surface area (Å²) in [5.41, 5.74) is 0. The van der Waals surface area contributed by atoms with Gasteiger partial charge in [0.2, 0.25) is 15.9 Å². The average Bonchev–Trinajstić information content (AvgIpc) is 2.88. The van der Waals surface area contributed by atoms with E-state index in [-0.39, 0.29) is 36.0 Å². The Kier molecular flexibility index (Phi) is 6.62. The minimum absolute atomic E-state index is 0.00496. The van der Waals surface area contributed by atoms with Crippen molar-refractivity contribution in [1.29, 1.82) is 0 Å². The minimum Gasteiger partial charge on any atom is -0.481 e. The van der Waals surface area contributed by atoms with Gasteiger partial charge in [-0.25, -0.2) is 13.1 Å². The van der Waals surface area contributed by atoms with Gasteiger partial charge in [0, 0.05) is 25.9 Å². The number of carbonyl (C=O) groups is 2. The van der Waals surface area contributed by atoms with Gasteiger partial charge in [0.15, 0.2) is 0 Å². The van der Waals surface area contributed by atoms with Crippen LogP contribution < -0.4 is 10.0 Å². The average molecular weight is 320 g/mol. The molecule has 0 radical (unpaired) electrons. The fourth-order valence-electron chi connectivity index (χ4n) is 1.34. The lowest BCUT2D eigenvalue weighted by Gasteiger charge is -2.06. The van der Waals surface area contributed by atoms with E-state index in [2.05, 4.69) is 10.0 Å². The molecule has 1 aromatic heterocycles. The maximum Gasteiger partial charge on any atom is 0.303 e. The highest BCUT2D eigenvalue weighted by atomic mass is 32.2. The van der Waals surface area contributed by atoms with Crippen molar-refractivity contribution in [2.75, 3.05) is 13.1 Å². The van der Waals surface area contributed by atoms with Gasteiger partial charge in [-0.1, -0.05) is 6.07 Å². The quantitative estimate of drug-likeness (QED) is 0.570. The van der Waals surface area contributed by atoms with Crippen molar-refractivity contribution in [2.45, 2.75) is 23.5 Å². The second kappa shape index (κ2) is 7.98. The summed E-state index contributed by atoms with van der Waals surface area (Å²) in [4.78, 5) is 21.6. The van der Waals surface area contributed by atoms with Crippen molar-refractivity contribution in [3.05, 3.63) is 17.5 Å². The van der Waals surface area contributed by atoms with Gasteiger partial charge in [-0.2, -0.15) is 0 Å². The number of hydrogen-bond acceptors (Lipinski definition) is 5. The second-order valence-corrected chi connectivity index (χ2v) is 6.87. The predicted molar refractivity (Wildman–Crippen MR) is 74.0 cm³/mol. The maximum absolute atomic E-state index is 11.7. The third kappa shape index (κ3) is 6.13. The van der Waals surface area contributed by atoms with E-state index in [4.69, 9.17) is 5.11 Å². The molecule has 9 heteroatoms. The zero-order chi connectivity index (χ0) is 15.0. The van der Waals surface area contributed by atoms with Crippen molar-refractivity contribution < 1.29 is 23.1 Å². The molecule has 1 heterocycles. The van der Waals surface area contributed by atoms with E-state index in [1.165, 1.54) is 6.07 Å². The van der Waals surface area contributed by atoms with Crippen LogP contribution in [0.5, 0.6) is 0 Å². The summed E-state index contributed by atoms with van der Waals surface area (Å²) >= 11 is 1.10. The van der Waals surface area contributed by atoms with Crippen LogP contribution in [0.15, 0.2) is 21.7 Å². The van der Waals surface area contributed by atoms with Crippen LogP contribution in [0.4, 0.5) is 0 Å². The Morgan fingerprint density at radius 2 is 2.00 bits per heavy atom. The SMILES string of the molecule is O=C(O)CCCNC(=O)CCNS(=O)(=O)c1cccs1.